The van der Waals surface area contributed by atoms with E-state index in [2.05, 4.69) is 22.5 Å². The molecule has 0 atom stereocenters. The first-order chi connectivity index (χ1) is 16.2. The van der Waals surface area contributed by atoms with Crippen LogP contribution < -0.4 is 15.5 Å². The standard InChI is InChI=1S/C28H27N3O2/c32-26-15-7-8-21-31(26)25-18-16-22(17-19-25)10-9-20-29-28(33)30-27(23-11-3-1-4-12-23)24-13-5-2-6-14-24/h1-6,11-14,16-19,27H,7-8,15,20-21H2,(H2,29,30,33). The van der Waals surface area contributed by atoms with Crippen LogP contribution in [0.3, 0.4) is 0 Å². The van der Waals surface area contributed by atoms with E-state index in [1.54, 1.807) is 0 Å². The highest BCUT2D eigenvalue weighted by Gasteiger charge is 2.19. The van der Waals surface area contributed by atoms with Crippen LogP contribution in [0.25, 0.3) is 0 Å². The summed E-state index contributed by atoms with van der Waals surface area (Å²) in [6.07, 6.45) is 2.62. The van der Waals surface area contributed by atoms with Gasteiger partial charge in [-0.15, -0.1) is 0 Å². The molecule has 1 fully saturated rings. The maximum absolute atomic E-state index is 12.5. The Kier molecular flexibility index (Phi) is 7.40. The van der Waals surface area contributed by atoms with E-state index in [0.717, 1.165) is 41.8 Å². The normalized spacial score (nSPS) is 13.2. The molecule has 1 heterocycles. The molecular weight excluding hydrogens is 410 g/mol. The van der Waals surface area contributed by atoms with E-state index in [1.807, 2.05) is 89.8 Å². The lowest BCUT2D eigenvalue weighted by molar-refractivity contribution is -0.119. The second kappa shape index (κ2) is 11.0. The summed E-state index contributed by atoms with van der Waals surface area (Å²) in [7, 11) is 0. The SMILES string of the molecule is O=C(NCC#Cc1ccc(N2CCCCC2=O)cc1)NC(c1ccccc1)c1ccccc1. The average molecular weight is 438 g/mol. The summed E-state index contributed by atoms with van der Waals surface area (Å²) in [5.41, 5.74) is 3.78. The molecule has 0 spiro atoms. The van der Waals surface area contributed by atoms with Gasteiger partial charge in [0.05, 0.1) is 12.6 Å². The summed E-state index contributed by atoms with van der Waals surface area (Å²) in [5, 5.41) is 5.86. The first-order valence-electron chi connectivity index (χ1n) is 11.2. The Morgan fingerprint density at radius 1 is 0.879 bits per heavy atom. The molecule has 3 aromatic rings. The van der Waals surface area contributed by atoms with Crippen LogP contribution in [0.2, 0.25) is 0 Å². The number of urea groups is 1. The number of carbonyl (C=O) groups excluding carboxylic acids is 2. The van der Waals surface area contributed by atoms with Crippen molar-refractivity contribution in [2.75, 3.05) is 18.0 Å². The fourth-order valence-corrected chi connectivity index (χ4v) is 3.91. The van der Waals surface area contributed by atoms with Crippen molar-refractivity contribution >= 4 is 17.6 Å². The van der Waals surface area contributed by atoms with Gasteiger partial charge in [0.1, 0.15) is 0 Å². The Labute approximate surface area is 194 Å². The highest BCUT2D eigenvalue weighted by Crippen LogP contribution is 2.22. The fraction of sp³-hybridized carbons (Fsp3) is 0.214. The van der Waals surface area contributed by atoms with Crippen molar-refractivity contribution in [1.29, 1.82) is 0 Å². The summed E-state index contributed by atoms with van der Waals surface area (Å²) in [6.45, 7) is 1.00. The van der Waals surface area contributed by atoms with Gasteiger partial charge in [0.2, 0.25) is 5.91 Å². The number of hydrogen-bond donors (Lipinski definition) is 2. The third-order valence-electron chi connectivity index (χ3n) is 5.61. The minimum absolute atomic E-state index is 0.180. The van der Waals surface area contributed by atoms with Crippen molar-refractivity contribution in [3.63, 3.8) is 0 Å². The molecule has 0 saturated carbocycles. The first kappa shape index (κ1) is 22.2. The summed E-state index contributed by atoms with van der Waals surface area (Å²) < 4.78 is 0. The zero-order chi connectivity index (χ0) is 22.9. The second-order valence-electron chi connectivity index (χ2n) is 7.93. The highest BCUT2D eigenvalue weighted by atomic mass is 16.2. The lowest BCUT2D eigenvalue weighted by Crippen LogP contribution is -2.38. The summed E-state index contributed by atoms with van der Waals surface area (Å²) in [5.74, 6) is 6.23. The van der Waals surface area contributed by atoms with Crippen LogP contribution in [0.15, 0.2) is 84.9 Å². The molecular formula is C28H27N3O2. The number of rotatable bonds is 5. The Balaban J connectivity index is 1.33. The van der Waals surface area contributed by atoms with Gasteiger partial charge in [0.25, 0.3) is 0 Å². The van der Waals surface area contributed by atoms with Gasteiger partial charge in [-0.2, -0.15) is 0 Å². The molecule has 1 aliphatic heterocycles. The van der Waals surface area contributed by atoms with E-state index in [-0.39, 0.29) is 24.5 Å². The van der Waals surface area contributed by atoms with E-state index in [9.17, 15) is 9.59 Å². The van der Waals surface area contributed by atoms with Crippen LogP contribution in [0.4, 0.5) is 10.5 Å². The van der Waals surface area contributed by atoms with Gasteiger partial charge in [-0.05, 0) is 48.2 Å². The molecule has 3 aromatic carbocycles. The molecule has 33 heavy (non-hydrogen) atoms. The lowest BCUT2D eigenvalue weighted by Gasteiger charge is -2.26. The third-order valence-corrected chi connectivity index (χ3v) is 5.61. The average Bonchev–Trinajstić information content (AvgIpc) is 2.87. The zero-order valence-electron chi connectivity index (χ0n) is 18.5. The number of nitrogens with zero attached hydrogens (tertiary/aromatic N) is 1. The number of anilines is 1. The van der Waals surface area contributed by atoms with Crippen LogP contribution in [0.5, 0.6) is 0 Å². The summed E-state index contributed by atoms with van der Waals surface area (Å²) in [4.78, 5) is 26.4. The van der Waals surface area contributed by atoms with Crippen LogP contribution in [-0.2, 0) is 4.79 Å². The number of carbonyl (C=O) groups is 2. The number of nitrogens with one attached hydrogen (secondary N) is 2. The van der Waals surface area contributed by atoms with Crippen molar-refractivity contribution in [1.82, 2.24) is 10.6 Å². The van der Waals surface area contributed by atoms with Crippen LogP contribution in [0, 0.1) is 11.8 Å². The maximum atomic E-state index is 12.5. The second-order valence-corrected chi connectivity index (χ2v) is 7.93. The Morgan fingerprint density at radius 3 is 2.12 bits per heavy atom. The van der Waals surface area contributed by atoms with Gasteiger partial charge >= 0.3 is 6.03 Å². The van der Waals surface area contributed by atoms with Gasteiger partial charge in [-0.25, -0.2) is 4.79 Å². The van der Waals surface area contributed by atoms with Gasteiger partial charge < -0.3 is 15.5 Å². The number of piperidine rings is 1. The highest BCUT2D eigenvalue weighted by molar-refractivity contribution is 5.94. The van der Waals surface area contributed by atoms with Crippen LogP contribution in [-0.4, -0.2) is 25.0 Å². The van der Waals surface area contributed by atoms with E-state index in [0.29, 0.717) is 6.42 Å². The molecule has 5 heteroatoms. The largest absolute Gasteiger partial charge is 0.327 e. The molecule has 2 N–H and O–H groups in total. The molecule has 0 bridgehead atoms. The summed E-state index contributed by atoms with van der Waals surface area (Å²) in [6, 6.07) is 26.9. The molecule has 3 amide bonds. The molecule has 1 saturated heterocycles. The van der Waals surface area contributed by atoms with Crippen LogP contribution in [0.1, 0.15) is 42.0 Å². The Bertz CT molecular complexity index is 1090. The minimum Gasteiger partial charge on any atom is -0.327 e. The van der Waals surface area contributed by atoms with E-state index in [1.165, 1.54) is 0 Å². The molecule has 5 nitrogen and oxygen atoms in total. The summed E-state index contributed by atoms with van der Waals surface area (Å²) >= 11 is 0. The number of hydrogen-bond acceptors (Lipinski definition) is 2. The van der Waals surface area contributed by atoms with E-state index in [4.69, 9.17) is 0 Å². The zero-order valence-corrected chi connectivity index (χ0v) is 18.5. The van der Waals surface area contributed by atoms with Crippen molar-refractivity contribution in [3.8, 4) is 11.8 Å². The first-order valence-corrected chi connectivity index (χ1v) is 11.2. The Morgan fingerprint density at radius 2 is 1.52 bits per heavy atom. The third kappa shape index (κ3) is 6.02. The van der Waals surface area contributed by atoms with Crippen molar-refractivity contribution in [2.45, 2.75) is 25.3 Å². The smallest absolute Gasteiger partial charge is 0.316 e. The van der Waals surface area contributed by atoms with Gasteiger partial charge in [0.15, 0.2) is 0 Å². The minimum atomic E-state index is -0.277. The van der Waals surface area contributed by atoms with Crippen LogP contribution >= 0.6 is 0 Å². The fourth-order valence-electron chi connectivity index (χ4n) is 3.91. The molecule has 0 aliphatic carbocycles. The molecule has 0 aromatic heterocycles. The maximum Gasteiger partial charge on any atom is 0.316 e. The topological polar surface area (TPSA) is 61.4 Å². The van der Waals surface area contributed by atoms with Gasteiger partial charge in [-0.1, -0.05) is 72.5 Å². The molecule has 0 radical (unpaired) electrons. The lowest BCUT2D eigenvalue weighted by atomic mass is 9.99. The van der Waals surface area contributed by atoms with Gasteiger partial charge in [0, 0.05) is 24.2 Å². The molecule has 4 rings (SSSR count). The van der Waals surface area contributed by atoms with E-state index >= 15 is 0 Å². The van der Waals surface area contributed by atoms with E-state index < -0.39 is 0 Å². The molecule has 166 valence electrons. The van der Waals surface area contributed by atoms with Crippen molar-refractivity contribution in [3.05, 3.63) is 102 Å². The predicted octanol–water partition coefficient (Wildman–Crippen LogP) is 4.64. The quantitative estimate of drug-likeness (QED) is 0.571. The van der Waals surface area contributed by atoms with Crippen molar-refractivity contribution in [2.24, 2.45) is 0 Å². The number of amides is 3. The Hall–Kier alpha value is -4.04. The monoisotopic (exact) mass is 437 g/mol. The molecule has 1 aliphatic rings. The number of benzene rings is 3. The molecule has 0 unspecified atom stereocenters. The van der Waals surface area contributed by atoms with Gasteiger partial charge in [-0.3, -0.25) is 4.79 Å². The van der Waals surface area contributed by atoms with Crippen molar-refractivity contribution < 1.29 is 9.59 Å². The predicted molar refractivity (Wildman–Crippen MR) is 131 cm³/mol.